The number of methoxy groups -OCH3 is 1. The number of pyridine rings is 1. The molecule has 0 unspecified atom stereocenters. The van der Waals surface area contributed by atoms with Crippen LogP contribution in [-0.4, -0.2) is 19.8 Å². The van der Waals surface area contributed by atoms with Crippen LogP contribution in [0.1, 0.15) is 12.5 Å². The molecule has 0 saturated heterocycles. The lowest BCUT2D eigenvalue weighted by molar-refractivity contribution is -0.342. The zero-order valence-electron chi connectivity index (χ0n) is 15.7. The van der Waals surface area contributed by atoms with Crippen molar-refractivity contribution in [3.8, 4) is 5.75 Å². The van der Waals surface area contributed by atoms with Crippen molar-refractivity contribution in [2.24, 2.45) is 0 Å². The predicted octanol–water partition coefficient (Wildman–Crippen LogP) is 0.429. The summed E-state index contributed by atoms with van der Waals surface area (Å²) < 4.78 is 10.3. The Morgan fingerprint density at radius 2 is 1.86 bits per heavy atom. The van der Waals surface area contributed by atoms with Gasteiger partial charge < -0.3 is 32.9 Å². The molecule has 3 aromatic rings. The number of aromatic nitrogens is 1. The first-order valence-electron chi connectivity index (χ1n) is 8.66. The summed E-state index contributed by atoms with van der Waals surface area (Å²) in [6.45, 7) is 2.64. The molecule has 0 saturated carbocycles. The minimum Gasteiger partial charge on any atom is -1.00 e. The molecule has 1 aromatic heterocycles. The van der Waals surface area contributed by atoms with Gasteiger partial charge in [-0.3, -0.25) is 5.32 Å². The highest BCUT2D eigenvalue weighted by Gasteiger charge is 2.12. The third kappa shape index (κ3) is 4.75. The number of carbonyl (C=O) groups is 1. The maximum atomic E-state index is 11.5. The molecule has 0 aliphatic heterocycles. The van der Waals surface area contributed by atoms with E-state index in [-0.39, 0.29) is 12.4 Å². The van der Waals surface area contributed by atoms with Gasteiger partial charge in [0.2, 0.25) is 11.6 Å². The van der Waals surface area contributed by atoms with E-state index < -0.39 is 6.09 Å². The number of rotatable bonds is 6. The van der Waals surface area contributed by atoms with Crippen molar-refractivity contribution >= 4 is 34.2 Å². The fraction of sp³-hybridized carbons (Fsp3) is 0.200. The number of fused-ring (bicyclic) bond motifs is 1. The zero-order valence-corrected chi connectivity index (χ0v) is 16.5. The fourth-order valence-electron chi connectivity index (χ4n) is 2.86. The third-order valence-electron chi connectivity index (χ3n) is 4.15. The van der Waals surface area contributed by atoms with E-state index in [1.54, 1.807) is 20.1 Å². The van der Waals surface area contributed by atoms with Gasteiger partial charge in [-0.2, -0.15) is 0 Å². The number of nitrogens with one attached hydrogen (secondary N) is 3. The Hall–Kier alpha value is -3.19. The number of hydrogen-bond donors (Lipinski definition) is 3. The molecule has 28 heavy (non-hydrogen) atoms. The first-order chi connectivity index (χ1) is 13.1. The van der Waals surface area contributed by atoms with Crippen LogP contribution in [0.25, 0.3) is 10.8 Å². The van der Waals surface area contributed by atoms with Gasteiger partial charge in [-0.1, -0.05) is 30.3 Å². The van der Waals surface area contributed by atoms with E-state index in [0.717, 1.165) is 27.9 Å². The number of carbonyl (C=O) groups excluding carboxylic acids is 1. The van der Waals surface area contributed by atoms with Crippen LogP contribution in [0.15, 0.2) is 48.5 Å². The van der Waals surface area contributed by atoms with Gasteiger partial charge in [0.25, 0.3) is 0 Å². The van der Waals surface area contributed by atoms with Crippen LogP contribution in [0.3, 0.4) is 0 Å². The van der Waals surface area contributed by atoms with Crippen molar-refractivity contribution in [2.45, 2.75) is 13.5 Å². The molecule has 5 N–H and O–H groups in total. The average molecular weight is 403 g/mol. The summed E-state index contributed by atoms with van der Waals surface area (Å²) in [4.78, 5) is 14.5. The van der Waals surface area contributed by atoms with Gasteiger partial charge in [-0.25, -0.2) is 9.78 Å². The summed E-state index contributed by atoms with van der Waals surface area (Å²) in [5.74, 6) is 1.92. The van der Waals surface area contributed by atoms with Crippen LogP contribution < -0.4 is 38.5 Å². The van der Waals surface area contributed by atoms with Gasteiger partial charge in [0.15, 0.2) is 0 Å². The van der Waals surface area contributed by atoms with Crippen LogP contribution >= 0.6 is 0 Å². The topological polar surface area (TPSA) is 99.8 Å². The molecule has 3 rings (SSSR count). The maximum Gasteiger partial charge on any atom is 0.411 e. The Kier molecular flexibility index (Phi) is 7.28. The molecule has 0 aliphatic rings. The Labute approximate surface area is 169 Å². The molecular weight excluding hydrogens is 380 g/mol. The highest BCUT2D eigenvalue weighted by atomic mass is 35.5. The van der Waals surface area contributed by atoms with Crippen molar-refractivity contribution in [3.05, 3.63) is 54.1 Å². The van der Waals surface area contributed by atoms with Gasteiger partial charge in [-0.05, 0) is 30.0 Å². The Bertz CT molecular complexity index is 965. The number of benzene rings is 2. The van der Waals surface area contributed by atoms with Gasteiger partial charge in [0, 0.05) is 11.5 Å². The molecule has 0 aliphatic carbocycles. The molecule has 0 atom stereocenters. The number of H-pyrrole nitrogens is 1. The monoisotopic (exact) mass is 402 g/mol. The van der Waals surface area contributed by atoms with Crippen LogP contribution in [0.5, 0.6) is 5.75 Å². The van der Waals surface area contributed by atoms with E-state index in [4.69, 9.17) is 15.2 Å². The summed E-state index contributed by atoms with van der Waals surface area (Å²) in [6.07, 6.45) is -0.539. The molecule has 0 radical (unpaired) electrons. The highest BCUT2D eigenvalue weighted by molar-refractivity contribution is 5.91. The summed E-state index contributed by atoms with van der Waals surface area (Å²) in [5, 5.41) is 8.10. The minimum atomic E-state index is -0.539. The number of halogens is 1. The summed E-state index contributed by atoms with van der Waals surface area (Å²) in [6, 6.07) is 15.6. The Morgan fingerprint density at radius 1 is 1.11 bits per heavy atom. The number of nitrogens with two attached hydrogens (primary N) is 1. The maximum absolute atomic E-state index is 11.5. The molecule has 0 spiro atoms. The SMILES string of the molecule is CCOC(=O)Nc1ccc(NCc2ccc(OC)c3ccccc23)[nH+]c1N.[Cl-]. The first kappa shape index (κ1) is 21.1. The molecule has 1 amide bonds. The van der Waals surface area contributed by atoms with Crippen LogP contribution in [-0.2, 0) is 11.3 Å². The number of nitrogen functional groups attached to an aromatic ring is 1. The molecule has 8 heteroatoms. The van der Waals surface area contributed by atoms with E-state index >= 15 is 0 Å². The standard InChI is InChI=1S/C20H22N4O3.ClH/c1-3-27-20(25)23-16-9-11-18(24-19(16)21)22-12-13-8-10-17(26-2)15-7-5-4-6-14(13)15;/h4-11H,3,12H2,1-2H3,(H,23,25)(H3,21,22,24);1H. The predicted molar refractivity (Wildman–Crippen MR) is 106 cm³/mol. The van der Waals surface area contributed by atoms with Crippen molar-refractivity contribution in [2.75, 3.05) is 30.1 Å². The van der Waals surface area contributed by atoms with Crippen molar-refractivity contribution < 1.29 is 31.7 Å². The van der Waals surface area contributed by atoms with Gasteiger partial charge in [0.1, 0.15) is 11.4 Å². The van der Waals surface area contributed by atoms with E-state index in [2.05, 4.69) is 21.7 Å². The van der Waals surface area contributed by atoms with E-state index in [1.807, 2.05) is 36.4 Å². The second kappa shape index (κ2) is 9.66. The fourth-order valence-corrected chi connectivity index (χ4v) is 2.86. The number of ether oxygens (including phenoxy) is 2. The van der Waals surface area contributed by atoms with E-state index in [1.165, 1.54) is 0 Å². The van der Waals surface area contributed by atoms with Gasteiger partial charge in [0.05, 0.1) is 20.3 Å². The average Bonchev–Trinajstić information content (AvgIpc) is 2.68. The Balaban J connectivity index is 0.00000280. The first-order valence-corrected chi connectivity index (χ1v) is 8.66. The Morgan fingerprint density at radius 3 is 2.54 bits per heavy atom. The second-order valence-electron chi connectivity index (χ2n) is 5.87. The molecule has 148 valence electrons. The number of hydrogen-bond acceptors (Lipinski definition) is 5. The third-order valence-corrected chi connectivity index (χ3v) is 4.15. The zero-order chi connectivity index (χ0) is 19.2. The number of amides is 1. The lowest BCUT2D eigenvalue weighted by Crippen LogP contribution is -3.00. The molecule has 2 aromatic carbocycles. The molecule has 7 nitrogen and oxygen atoms in total. The van der Waals surface area contributed by atoms with Crippen molar-refractivity contribution in [3.63, 3.8) is 0 Å². The van der Waals surface area contributed by atoms with Crippen LogP contribution in [0, 0.1) is 0 Å². The second-order valence-corrected chi connectivity index (χ2v) is 5.87. The minimum absolute atomic E-state index is 0. The van der Waals surface area contributed by atoms with Gasteiger partial charge in [-0.15, -0.1) is 0 Å². The molecule has 1 heterocycles. The quantitative estimate of drug-likeness (QED) is 0.555. The lowest BCUT2D eigenvalue weighted by atomic mass is 10.0. The van der Waals surface area contributed by atoms with Gasteiger partial charge >= 0.3 is 6.09 Å². The van der Waals surface area contributed by atoms with Crippen molar-refractivity contribution in [1.82, 2.24) is 0 Å². The lowest BCUT2D eigenvalue weighted by Gasteiger charge is -2.11. The molecular formula is C20H23ClN4O3. The number of anilines is 3. The van der Waals surface area contributed by atoms with Crippen LogP contribution in [0.2, 0.25) is 0 Å². The van der Waals surface area contributed by atoms with Crippen LogP contribution in [0.4, 0.5) is 22.1 Å². The summed E-state index contributed by atoms with van der Waals surface area (Å²) in [5.41, 5.74) is 7.58. The van der Waals surface area contributed by atoms with Crippen molar-refractivity contribution in [1.29, 1.82) is 0 Å². The highest BCUT2D eigenvalue weighted by Crippen LogP contribution is 2.28. The molecule has 0 bridgehead atoms. The summed E-state index contributed by atoms with van der Waals surface area (Å²) >= 11 is 0. The largest absolute Gasteiger partial charge is 1.00 e. The van der Waals surface area contributed by atoms with E-state index in [9.17, 15) is 4.79 Å². The summed E-state index contributed by atoms with van der Waals surface area (Å²) in [7, 11) is 1.67. The normalized spacial score (nSPS) is 10.1. The smallest absolute Gasteiger partial charge is 0.411 e. The molecule has 0 fully saturated rings. The van der Waals surface area contributed by atoms with E-state index in [0.29, 0.717) is 24.7 Å². The number of aromatic amines is 1.